The Bertz CT molecular complexity index is 899. The molecule has 0 aliphatic carbocycles. The van der Waals surface area contributed by atoms with E-state index in [2.05, 4.69) is 43.8 Å². The lowest BCUT2D eigenvalue weighted by Crippen LogP contribution is -2.36. The Morgan fingerprint density at radius 1 is 0.971 bits per heavy atom. The smallest absolute Gasteiger partial charge is 0.229 e. The topological polar surface area (TPSA) is 71.6 Å². The van der Waals surface area contributed by atoms with Gasteiger partial charge in [0.15, 0.2) is 5.11 Å². The third-order valence-corrected chi connectivity index (χ3v) is 6.70. The highest BCUT2D eigenvalue weighted by Gasteiger charge is 2.20. The molecule has 0 bridgehead atoms. The predicted molar refractivity (Wildman–Crippen MR) is 154 cm³/mol. The second-order valence-corrected chi connectivity index (χ2v) is 9.76. The van der Waals surface area contributed by atoms with Crippen molar-refractivity contribution < 1.29 is 0 Å². The van der Waals surface area contributed by atoms with Crippen LogP contribution in [0.2, 0.25) is 5.02 Å². The minimum Gasteiger partial charge on any atom is -0.369 e. The molecule has 2 aliphatic heterocycles. The van der Waals surface area contributed by atoms with Crippen molar-refractivity contribution >= 4 is 64.6 Å². The van der Waals surface area contributed by atoms with Crippen LogP contribution in [-0.4, -0.2) is 79.4 Å². The molecule has 192 valence electrons. The molecule has 2 aliphatic rings. The Morgan fingerprint density at radius 2 is 1.60 bits per heavy atom. The Morgan fingerprint density at radius 3 is 2.29 bits per heavy atom. The van der Waals surface area contributed by atoms with Crippen molar-refractivity contribution in [2.24, 2.45) is 0 Å². The molecule has 0 amide bonds. The number of thiocarbonyl (C=S) groups is 1. The first-order chi connectivity index (χ1) is 16.6. The number of hydrogen-bond acceptors (Lipinski definition) is 7. The van der Waals surface area contributed by atoms with Crippen molar-refractivity contribution in [2.45, 2.75) is 25.7 Å². The molecule has 3 heterocycles. The fourth-order valence-electron chi connectivity index (χ4n) is 4.23. The van der Waals surface area contributed by atoms with E-state index in [0.29, 0.717) is 10.1 Å². The summed E-state index contributed by atoms with van der Waals surface area (Å²) >= 11 is 11.3. The highest BCUT2D eigenvalue weighted by Crippen LogP contribution is 2.25. The van der Waals surface area contributed by atoms with Gasteiger partial charge in [0.05, 0.1) is 0 Å². The van der Waals surface area contributed by atoms with Gasteiger partial charge in [0.1, 0.15) is 11.6 Å². The molecular formula is C24H36Cl2N8S. The number of hydrogen-bond donors (Lipinski definition) is 3. The van der Waals surface area contributed by atoms with Gasteiger partial charge in [-0.15, -0.1) is 12.4 Å². The van der Waals surface area contributed by atoms with Crippen molar-refractivity contribution in [1.82, 2.24) is 20.2 Å². The van der Waals surface area contributed by atoms with Crippen LogP contribution >= 0.6 is 36.2 Å². The number of benzene rings is 1. The number of aromatic nitrogens is 2. The van der Waals surface area contributed by atoms with Crippen LogP contribution in [0.4, 0.5) is 23.3 Å². The van der Waals surface area contributed by atoms with Crippen molar-refractivity contribution in [3.05, 3.63) is 35.4 Å². The van der Waals surface area contributed by atoms with Crippen LogP contribution in [0.3, 0.4) is 0 Å². The quantitative estimate of drug-likeness (QED) is 0.388. The van der Waals surface area contributed by atoms with Crippen molar-refractivity contribution in [1.29, 1.82) is 0 Å². The molecule has 2 aromatic rings. The van der Waals surface area contributed by atoms with Gasteiger partial charge < -0.3 is 30.7 Å². The van der Waals surface area contributed by atoms with Gasteiger partial charge in [-0.2, -0.15) is 9.97 Å². The van der Waals surface area contributed by atoms with E-state index in [1.807, 2.05) is 24.3 Å². The van der Waals surface area contributed by atoms with Crippen LogP contribution in [0, 0.1) is 0 Å². The zero-order chi connectivity index (χ0) is 23.8. The maximum absolute atomic E-state index is 5.92. The Labute approximate surface area is 225 Å². The van der Waals surface area contributed by atoms with Crippen LogP contribution in [0.1, 0.15) is 25.7 Å². The maximum atomic E-state index is 5.92. The van der Waals surface area contributed by atoms with E-state index in [1.54, 1.807) is 0 Å². The van der Waals surface area contributed by atoms with Crippen LogP contribution < -0.4 is 25.8 Å². The van der Waals surface area contributed by atoms with Crippen LogP contribution in [-0.2, 0) is 0 Å². The molecule has 0 atom stereocenters. The second kappa shape index (κ2) is 13.9. The normalized spacial score (nSPS) is 15.3. The SMILES string of the molecule is CN(CCNC(=S)Nc1ccc(Cl)cc1)CCNc1cc(N2CCCC2)nc(N2CCCC2)n1.Cl. The molecule has 1 aromatic heterocycles. The van der Waals surface area contributed by atoms with E-state index in [0.717, 1.165) is 75.6 Å². The minimum atomic E-state index is 0. The molecule has 0 spiro atoms. The van der Waals surface area contributed by atoms with E-state index in [4.69, 9.17) is 33.8 Å². The van der Waals surface area contributed by atoms with Crippen molar-refractivity contribution in [3.63, 3.8) is 0 Å². The highest BCUT2D eigenvalue weighted by atomic mass is 35.5. The van der Waals surface area contributed by atoms with Gasteiger partial charge >= 0.3 is 0 Å². The summed E-state index contributed by atoms with van der Waals surface area (Å²) in [5.41, 5.74) is 0.922. The summed E-state index contributed by atoms with van der Waals surface area (Å²) < 4.78 is 0. The van der Waals surface area contributed by atoms with Gasteiger partial charge in [0, 0.05) is 69.1 Å². The van der Waals surface area contributed by atoms with Crippen LogP contribution in [0.5, 0.6) is 0 Å². The lowest BCUT2D eigenvalue weighted by molar-refractivity contribution is 0.352. The maximum Gasteiger partial charge on any atom is 0.229 e. The van der Waals surface area contributed by atoms with E-state index in [9.17, 15) is 0 Å². The van der Waals surface area contributed by atoms with E-state index in [-0.39, 0.29) is 12.4 Å². The first kappa shape index (κ1) is 27.5. The summed E-state index contributed by atoms with van der Waals surface area (Å²) in [4.78, 5) is 16.7. The largest absolute Gasteiger partial charge is 0.369 e. The molecule has 3 N–H and O–H groups in total. The van der Waals surface area contributed by atoms with E-state index < -0.39 is 0 Å². The average molecular weight is 540 g/mol. The second-order valence-electron chi connectivity index (χ2n) is 8.92. The molecule has 0 unspecified atom stereocenters. The summed E-state index contributed by atoms with van der Waals surface area (Å²) in [5.74, 6) is 2.83. The Balaban J connectivity index is 0.00000342. The predicted octanol–water partition coefficient (Wildman–Crippen LogP) is 4.08. The number of anilines is 4. The highest BCUT2D eigenvalue weighted by molar-refractivity contribution is 7.80. The van der Waals surface area contributed by atoms with Gasteiger partial charge in [0.25, 0.3) is 0 Å². The Hall–Kier alpha value is -2.07. The third-order valence-electron chi connectivity index (χ3n) is 6.20. The summed E-state index contributed by atoms with van der Waals surface area (Å²) in [5, 5.41) is 11.3. The lowest BCUT2D eigenvalue weighted by Gasteiger charge is -2.22. The van der Waals surface area contributed by atoms with Gasteiger partial charge in [-0.3, -0.25) is 0 Å². The van der Waals surface area contributed by atoms with Crippen molar-refractivity contribution in [3.8, 4) is 0 Å². The minimum absolute atomic E-state index is 0. The monoisotopic (exact) mass is 538 g/mol. The summed E-state index contributed by atoms with van der Waals surface area (Å²) in [7, 11) is 2.12. The standard InChI is InChI=1S/C24H35ClN8S.ClH/c1-31(17-11-27-24(34)28-20-8-6-19(25)7-9-20)16-10-26-21-18-22(32-12-2-3-13-32)30-23(29-21)33-14-4-5-15-33;/h6-9,18H,2-5,10-17H2,1H3,(H,26,29,30)(H2,27,28,34);1H. The molecule has 2 saturated heterocycles. The summed E-state index contributed by atoms with van der Waals surface area (Å²) in [6.45, 7) is 7.64. The number of nitrogens with one attached hydrogen (secondary N) is 3. The number of rotatable bonds is 10. The molecule has 8 nitrogen and oxygen atoms in total. The average Bonchev–Trinajstić information content (AvgIpc) is 3.55. The fourth-order valence-corrected chi connectivity index (χ4v) is 4.58. The van der Waals surface area contributed by atoms with Crippen molar-refractivity contribution in [2.75, 3.05) is 79.8 Å². The number of halogens is 2. The first-order valence-corrected chi connectivity index (χ1v) is 13.0. The van der Waals surface area contributed by atoms with Crippen LogP contribution in [0.25, 0.3) is 0 Å². The van der Waals surface area contributed by atoms with Gasteiger partial charge in [-0.25, -0.2) is 0 Å². The third kappa shape index (κ3) is 8.52. The van der Waals surface area contributed by atoms with Gasteiger partial charge in [0.2, 0.25) is 5.95 Å². The summed E-state index contributed by atoms with van der Waals surface area (Å²) in [6.07, 6.45) is 4.92. The Kier molecular flexibility index (Phi) is 10.9. The van der Waals surface area contributed by atoms with E-state index >= 15 is 0 Å². The number of likely N-dealkylation sites (N-methyl/N-ethyl adjacent to an activating group) is 1. The number of nitrogens with zero attached hydrogens (tertiary/aromatic N) is 5. The molecule has 11 heteroatoms. The molecule has 0 radical (unpaired) electrons. The van der Waals surface area contributed by atoms with Crippen LogP contribution in [0.15, 0.2) is 30.3 Å². The zero-order valence-electron chi connectivity index (χ0n) is 20.3. The molecule has 35 heavy (non-hydrogen) atoms. The molecule has 0 saturated carbocycles. The molecule has 1 aromatic carbocycles. The molecule has 4 rings (SSSR count). The lowest BCUT2D eigenvalue weighted by atomic mass is 10.3. The first-order valence-electron chi connectivity index (χ1n) is 12.2. The summed E-state index contributed by atoms with van der Waals surface area (Å²) in [6, 6.07) is 9.60. The van der Waals surface area contributed by atoms with E-state index in [1.165, 1.54) is 25.7 Å². The van der Waals surface area contributed by atoms with Gasteiger partial charge in [-0.1, -0.05) is 11.6 Å². The molecular weight excluding hydrogens is 503 g/mol. The molecule has 2 fully saturated rings. The fraction of sp³-hybridized carbons (Fsp3) is 0.542. The zero-order valence-corrected chi connectivity index (χ0v) is 22.7. The van der Waals surface area contributed by atoms with Gasteiger partial charge in [-0.05, 0) is 69.2 Å².